The molecule has 6 nitrogen and oxygen atoms in total. The van der Waals surface area contributed by atoms with Crippen molar-refractivity contribution in [1.29, 1.82) is 0 Å². The van der Waals surface area contributed by atoms with Crippen LogP contribution >= 0.6 is 0 Å². The van der Waals surface area contributed by atoms with Gasteiger partial charge in [0.05, 0.1) is 37.8 Å². The highest BCUT2D eigenvalue weighted by Crippen LogP contribution is 2.28. The number of morpholine rings is 1. The van der Waals surface area contributed by atoms with Gasteiger partial charge in [0, 0.05) is 26.2 Å². The molecule has 0 N–H and O–H groups in total. The third-order valence-electron chi connectivity index (χ3n) is 4.86. The first-order valence-electron chi connectivity index (χ1n) is 8.93. The molecule has 0 saturated carbocycles. The lowest BCUT2D eigenvalue weighted by molar-refractivity contribution is -0.0499. The standard InChI is InChI=1S/C19H24N4O2/c1-2-24-19-11-20-10-18(21-19)23-13-16-17(14-23)25-9-8-22(16)12-15-6-4-3-5-7-15/h3-7,10-11,16-17H,2,8-9,12-14H2,1H3. The Bertz CT molecular complexity index is 697. The molecular formula is C19H24N4O2. The molecule has 132 valence electrons. The van der Waals surface area contributed by atoms with Crippen molar-refractivity contribution in [3.05, 3.63) is 48.3 Å². The van der Waals surface area contributed by atoms with Crippen LogP contribution in [-0.2, 0) is 11.3 Å². The van der Waals surface area contributed by atoms with E-state index in [1.54, 1.807) is 12.4 Å². The molecule has 6 heteroatoms. The molecule has 4 rings (SSSR count). The van der Waals surface area contributed by atoms with Gasteiger partial charge in [0.1, 0.15) is 0 Å². The van der Waals surface area contributed by atoms with Gasteiger partial charge in [-0.2, -0.15) is 4.98 Å². The van der Waals surface area contributed by atoms with Crippen molar-refractivity contribution in [2.45, 2.75) is 25.6 Å². The van der Waals surface area contributed by atoms with Crippen molar-refractivity contribution in [3.63, 3.8) is 0 Å². The average molecular weight is 340 g/mol. The molecule has 2 fully saturated rings. The molecule has 25 heavy (non-hydrogen) atoms. The van der Waals surface area contributed by atoms with E-state index in [1.165, 1.54) is 5.56 Å². The van der Waals surface area contributed by atoms with E-state index in [4.69, 9.17) is 9.47 Å². The molecule has 3 heterocycles. The van der Waals surface area contributed by atoms with Crippen LogP contribution in [0.2, 0.25) is 0 Å². The molecular weight excluding hydrogens is 316 g/mol. The van der Waals surface area contributed by atoms with Gasteiger partial charge in [-0.3, -0.25) is 9.88 Å². The lowest BCUT2D eigenvalue weighted by Crippen LogP contribution is -2.50. The Balaban J connectivity index is 1.48. The van der Waals surface area contributed by atoms with Crippen LogP contribution in [0.1, 0.15) is 12.5 Å². The highest BCUT2D eigenvalue weighted by atomic mass is 16.5. The van der Waals surface area contributed by atoms with Crippen molar-refractivity contribution in [3.8, 4) is 5.88 Å². The maximum atomic E-state index is 6.04. The van der Waals surface area contributed by atoms with Crippen LogP contribution in [0.5, 0.6) is 5.88 Å². The topological polar surface area (TPSA) is 50.7 Å². The SMILES string of the molecule is CCOc1cncc(N2CC3OCCN(Cc4ccccc4)C3C2)n1. The quantitative estimate of drug-likeness (QED) is 0.829. The molecule has 0 aliphatic carbocycles. The third kappa shape index (κ3) is 3.60. The Morgan fingerprint density at radius 1 is 1.20 bits per heavy atom. The number of nitrogens with zero attached hydrogens (tertiary/aromatic N) is 4. The summed E-state index contributed by atoms with van der Waals surface area (Å²) in [5.74, 6) is 1.44. The van der Waals surface area contributed by atoms with Crippen molar-refractivity contribution in [2.24, 2.45) is 0 Å². The van der Waals surface area contributed by atoms with Crippen molar-refractivity contribution >= 4 is 5.82 Å². The van der Waals surface area contributed by atoms with Crippen LogP contribution in [0, 0.1) is 0 Å². The van der Waals surface area contributed by atoms with E-state index >= 15 is 0 Å². The fraction of sp³-hybridized carbons (Fsp3) is 0.474. The van der Waals surface area contributed by atoms with Gasteiger partial charge in [-0.15, -0.1) is 0 Å². The maximum Gasteiger partial charge on any atom is 0.234 e. The Kier molecular flexibility index (Phi) is 4.81. The van der Waals surface area contributed by atoms with Gasteiger partial charge in [-0.1, -0.05) is 30.3 Å². The van der Waals surface area contributed by atoms with E-state index in [1.807, 2.05) is 6.92 Å². The molecule has 2 aliphatic heterocycles. The van der Waals surface area contributed by atoms with E-state index in [-0.39, 0.29) is 6.10 Å². The number of benzene rings is 1. The van der Waals surface area contributed by atoms with Gasteiger partial charge in [-0.25, -0.2) is 0 Å². The summed E-state index contributed by atoms with van der Waals surface area (Å²) in [6.07, 6.45) is 3.69. The van der Waals surface area contributed by atoms with Gasteiger partial charge in [-0.05, 0) is 12.5 Å². The Labute approximate surface area is 148 Å². The number of aromatic nitrogens is 2. The van der Waals surface area contributed by atoms with Gasteiger partial charge in [0.15, 0.2) is 5.82 Å². The molecule has 0 spiro atoms. The second kappa shape index (κ2) is 7.37. The van der Waals surface area contributed by atoms with E-state index in [0.29, 0.717) is 18.5 Å². The lowest BCUT2D eigenvalue weighted by Gasteiger charge is -2.36. The van der Waals surface area contributed by atoms with Gasteiger partial charge in [0.2, 0.25) is 5.88 Å². The monoisotopic (exact) mass is 340 g/mol. The van der Waals surface area contributed by atoms with Crippen molar-refractivity contribution in [2.75, 3.05) is 37.7 Å². The zero-order chi connectivity index (χ0) is 17.1. The molecule has 2 saturated heterocycles. The number of rotatable bonds is 5. The number of hydrogen-bond acceptors (Lipinski definition) is 6. The first kappa shape index (κ1) is 16.3. The molecule has 2 unspecified atom stereocenters. The highest BCUT2D eigenvalue weighted by molar-refractivity contribution is 5.40. The molecule has 2 aliphatic rings. The predicted molar refractivity (Wildman–Crippen MR) is 95.8 cm³/mol. The number of ether oxygens (including phenoxy) is 2. The van der Waals surface area contributed by atoms with E-state index < -0.39 is 0 Å². The smallest absolute Gasteiger partial charge is 0.234 e. The first-order chi connectivity index (χ1) is 12.3. The van der Waals surface area contributed by atoms with Crippen LogP contribution < -0.4 is 9.64 Å². The predicted octanol–water partition coefficient (Wildman–Crippen LogP) is 1.96. The largest absolute Gasteiger partial charge is 0.477 e. The summed E-state index contributed by atoms with van der Waals surface area (Å²) in [6, 6.07) is 11.0. The molecule has 1 aromatic carbocycles. The Hall–Kier alpha value is -2.18. The molecule has 0 amide bonds. The normalized spacial score (nSPS) is 23.5. The number of hydrogen-bond donors (Lipinski definition) is 0. The summed E-state index contributed by atoms with van der Waals surface area (Å²) >= 11 is 0. The minimum absolute atomic E-state index is 0.218. The molecule has 2 atom stereocenters. The summed E-state index contributed by atoms with van der Waals surface area (Å²) in [7, 11) is 0. The zero-order valence-electron chi connectivity index (χ0n) is 14.5. The number of anilines is 1. The highest BCUT2D eigenvalue weighted by Gasteiger charge is 2.40. The summed E-state index contributed by atoms with van der Waals surface area (Å²) in [5, 5.41) is 0. The fourth-order valence-corrected chi connectivity index (χ4v) is 3.67. The van der Waals surface area contributed by atoms with E-state index in [9.17, 15) is 0 Å². The van der Waals surface area contributed by atoms with Gasteiger partial charge >= 0.3 is 0 Å². The van der Waals surface area contributed by atoms with E-state index in [2.05, 4.69) is 50.1 Å². The van der Waals surface area contributed by atoms with Crippen molar-refractivity contribution < 1.29 is 9.47 Å². The Morgan fingerprint density at radius 3 is 2.92 bits per heavy atom. The molecule has 0 radical (unpaired) electrons. The second-order valence-corrected chi connectivity index (χ2v) is 6.49. The second-order valence-electron chi connectivity index (χ2n) is 6.49. The number of fused-ring (bicyclic) bond motifs is 1. The summed E-state index contributed by atoms with van der Waals surface area (Å²) in [4.78, 5) is 13.6. The maximum absolute atomic E-state index is 6.04. The minimum Gasteiger partial charge on any atom is -0.477 e. The van der Waals surface area contributed by atoms with Crippen LogP contribution in [0.25, 0.3) is 0 Å². The lowest BCUT2D eigenvalue weighted by atomic mass is 10.1. The van der Waals surface area contributed by atoms with Gasteiger partial charge < -0.3 is 14.4 Å². The van der Waals surface area contributed by atoms with Crippen LogP contribution in [0.15, 0.2) is 42.7 Å². The summed E-state index contributed by atoms with van der Waals surface area (Å²) in [5.41, 5.74) is 1.35. The first-order valence-corrected chi connectivity index (χ1v) is 8.93. The molecule has 2 aromatic rings. The minimum atomic E-state index is 0.218. The summed E-state index contributed by atoms with van der Waals surface area (Å²) < 4.78 is 11.5. The van der Waals surface area contributed by atoms with Gasteiger partial charge in [0.25, 0.3) is 0 Å². The average Bonchev–Trinajstić information content (AvgIpc) is 3.09. The third-order valence-corrected chi connectivity index (χ3v) is 4.86. The summed E-state index contributed by atoms with van der Waals surface area (Å²) in [6.45, 7) is 7.01. The Morgan fingerprint density at radius 2 is 2.08 bits per heavy atom. The molecule has 0 bridgehead atoms. The zero-order valence-corrected chi connectivity index (χ0v) is 14.5. The van der Waals surface area contributed by atoms with E-state index in [0.717, 1.165) is 38.6 Å². The molecule has 1 aromatic heterocycles. The fourth-order valence-electron chi connectivity index (χ4n) is 3.67. The van der Waals surface area contributed by atoms with Crippen LogP contribution in [0.4, 0.5) is 5.82 Å². The van der Waals surface area contributed by atoms with Crippen LogP contribution in [-0.4, -0.2) is 59.9 Å². The van der Waals surface area contributed by atoms with Crippen LogP contribution in [0.3, 0.4) is 0 Å². The van der Waals surface area contributed by atoms with Crippen molar-refractivity contribution in [1.82, 2.24) is 14.9 Å².